The summed E-state index contributed by atoms with van der Waals surface area (Å²) < 4.78 is 18.5. The number of nitrogens with zero attached hydrogens (tertiary/aromatic N) is 3. The molecular weight excluding hydrogens is 412 g/mol. The Labute approximate surface area is 178 Å². The van der Waals surface area contributed by atoms with E-state index in [0.29, 0.717) is 46.1 Å². The van der Waals surface area contributed by atoms with Gasteiger partial charge in [0.15, 0.2) is 17.3 Å². The van der Waals surface area contributed by atoms with E-state index in [0.717, 1.165) is 11.1 Å². The van der Waals surface area contributed by atoms with Crippen LogP contribution in [-0.2, 0) is 0 Å². The van der Waals surface area contributed by atoms with Crippen LogP contribution in [0.1, 0.15) is 19.4 Å². The number of halogens is 1. The first-order valence-electron chi connectivity index (χ1n) is 9.03. The molecule has 152 valence electrons. The monoisotopic (exact) mass is 432 g/mol. The first-order chi connectivity index (χ1) is 14.1. The number of aromatic amines is 1. The fourth-order valence-corrected chi connectivity index (χ4v) is 3.23. The smallest absolute Gasteiger partial charge is 0.216 e. The van der Waals surface area contributed by atoms with Gasteiger partial charge in [-0.05, 0) is 55.9 Å². The zero-order valence-electron chi connectivity index (χ0n) is 16.3. The highest BCUT2D eigenvalue weighted by atomic mass is 35.5. The minimum absolute atomic E-state index is 0.354. The van der Waals surface area contributed by atoms with Crippen LogP contribution in [-0.4, -0.2) is 41.4 Å². The van der Waals surface area contributed by atoms with Gasteiger partial charge >= 0.3 is 0 Å². The van der Waals surface area contributed by atoms with Crippen LogP contribution in [0.5, 0.6) is 17.2 Å². The highest BCUT2D eigenvalue weighted by molar-refractivity contribution is 7.71. The Morgan fingerprint density at radius 3 is 2.62 bits per heavy atom. The molecule has 1 aromatic heterocycles. The standard InChI is InChI=1S/C20H21ClN4O3S/c1-4-27-16-9-7-6-8-14(16)19-23-24-20(29)25(19)22-12-13-10-15(21)18(26-3)17(11-13)28-5-2/h6-12H,4-5H2,1-3H3,(H,24,29)/b22-12-. The molecule has 0 bridgehead atoms. The number of benzene rings is 2. The quantitative estimate of drug-likeness (QED) is 0.402. The van der Waals surface area contributed by atoms with Gasteiger partial charge in [0.1, 0.15) is 5.75 Å². The second-order valence-electron chi connectivity index (χ2n) is 5.81. The van der Waals surface area contributed by atoms with Crippen LogP contribution in [0.4, 0.5) is 0 Å². The van der Waals surface area contributed by atoms with E-state index in [-0.39, 0.29) is 0 Å². The molecule has 0 aliphatic rings. The lowest BCUT2D eigenvalue weighted by molar-refractivity contribution is 0.311. The second-order valence-corrected chi connectivity index (χ2v) is 6.60. The summed E-state index contributed by atoms with van der Waals surface area (Å²) in [4.78, 5) is 0. The van der Waals surface area contributed by atoms with Crippen molar-refractivity contribution >= 4 is 30.0 Å². The molecule has 0 aliphatic carbocycles. The van der Waals surface area contributed by atoms with Crippen LogP contribution in [0.15, 0.2) is 41.5 Å². The third kappa shape index (κ3) is 4.60. The van der Waals surface area contributed by atoms with E-state index < -0.39 is 0 Å². The largest absolute Gasteiger partial charge is 0.493 e. The molecule has 0 saturated carbocycles. The van der Waals surface area contributed by atoms with Crippen LogP contribution in [0.3, 0.4) is 0 Å². The van der Waals surface area contributed by atoms with Gasteiger partial charge in [-0.2, -0.15) is 14.9 Å². The van der Waals surface area contributed by atoms with Crippen molar-refractivity contribution in [3.63, 3.8) is 0 Å². The molecule has 0 amide bonds. The summed E-state index contributed by atoms with van der Waals surface area (Å²) in [5.74, 6) is 2.27. The summed E-state index contributed by atoms with van der Waals surface area (Å²) in [7, 11) is 1.55. The summed E-state index contributed by atoms with van der Waals surface area (Å²) in [5, 5.41) is 12.0. The Kier molecular flexibility index (Phi) is 6.90. The van der Waals surface area contributed by atoms with E-state index in [4.69, 9.17) is 38.0 Å². The molecule has 0 fully saturated rings. The van der Waals surface area contributed by atoms with Crippen LogP contribution >= 0.6 is 23.8 Å². The van der Waals surface area contributed by atoms with Crippen molar-refractivity contribution in [1.29, 1.82) is 0 Å². The molecule has 0 aliphatic heterocycles. The molecule has 0 unspecified atom stereocenters. The third-order valence-corrected chi connectivity index (χ3v) is 4.48. The minimum Gasteiger partial charge on any atom is -0.493 e. The Bertz CT molecular complexity index is 1080. The number of methoxy groups -OCH3 is 1. The number of aromatic nitrogens is 3. The average Bonchev–Trinajstić information content (AvgIpc) is 3.07. The topological polar surface area (TPSA) is 73.7 Å². The summed E-state index contributed by atoms with van der Waals surface area (Å²) in [6, 6.07) is 11.1. The maximum absolute atomic E-state index is 6.32. The van der Waals surface area contributed by atoms with Gasteiger partial charge in [-0.25, -0.2) is 5.10 Å². The summed E-state index contributed by atoms with van der Waals surface area (Å²) >= 11 is 11.7. The zero-order valence-corrected chi connectivity index (χ0v) is 17.9. The lowest BCUT2D eigenvalue weighted by atomic mass is 10.2. The summed E-state index contributed by atoms with van der Waals surface area (Å²) in [5.41, 5.74) is 1.51. The molecular formula is C20H21ClN4O3S. The van der Waals surface area contributed by atoms with Crippen molar-refractivity contribution < 1.29 is 14.2 Å². The predicted octanol–water partition coefficient (Wildman–Crippen LogP) is 4.95. The first kappa shape index (κ1) is 20.9. The van der Waals surface area contributed by atoms with Crippen molar-refractivity contribution in [2.45, 2.75) is 13.8 Å². The van der Waals surface area contributed by atoms with Crippen LogP contribution < -0.4 is 14.2 Å². The fraction of sp³-hybridized carbons (Fsp3) is 0.250. The molecule has 9 heteroatoms. The summed E-state index contributed by atoms with van der Waals surface area (Å²) in [6.07, 6.45) is 1.63. The lowest BCUT2D eigenvalue weighted by Gasteiger charge is -2.11. The van der Waals surface area contributed by atoms with Crippen LogP contribution in [0.25, 0.3) is 11.4 Å². The van der Waals surface area contributed by atoms with E-state index >= 15 is 0 Å². The molecule has 1 N–H and O–H groups in total. The molecule has 0 radical (unpaired) electrons. The van der Waals surface area contributed by atoms with Gasteiger partial charge in [-0.1, -0.05) is 23.7 Å². The Balaban J connectivity index is 2.02. The molecule has 2 aromatic carbocycles. The number of rotatable bonds is 8. The normalized spacial score (nSPS) is 11.0. The molecule has 3 aromatic rings. The van der Waals surface area contributed by atoms with E-state index in [1.165, 1.54) is 4.68 Å². The predicted molar refractivity (Wildman–Crippen MR) is 116 cm³/mol. The second kappa shape index (κ2) is 9.58. The van der Waals surface area contributed by atoms with Gasteiger partial charge in [0.05, 0.1) is 37.1 Å². The van der Waals surface area contributed by atoms with E-state index in [1.807, 2.05) is 38.1 Å². The Morgan fingerprint density at radius 2 is 1.90 bits per heavy atom. The first-order valence-corrected chi connectivity index (χ1v) is 9.81. The van der Waals surface area contributed by atoms with Crippen molar-refractivity contribution in [3.05, 3.63) is 51.8 Å². The maximum Gasteiger partial charge on any atom is 0.216 e. The minimum atomic E-state index is 0.354. The molecule has 0 spiro atoms. The van der Waals surface area contributed by atoms with E-state index in [1.54, 1.807) is 25.5 Å². The van der Waals surface area contributed by atoms with Gasteiger partial charge in [-0.3, -0.25) is 0 Å². The van der Waals surface area contributed by atoms with Crippen molar-refractivity contribution in [1.82, 2.24) is 14.9 Å². The van der Waals surface area contributed by atoms with Gasteiger partial charge in [-0.15, -0.1) is 0 Å². The molecule has 1 heterocycles. The number of ether oxygens (including phenoxy) is 3. The third-order valence-electron chi connectivity index (χ3n) is 3.94. The van der Waals surface area contributed by atoms with Crippen molar-refractivity contribution in [3.8, 4) is 28.6 Å². The van der Waals surface area contributed by atoms with Gasteiger partial charge in [0, 0.05) is 0 Å². The number of H-pyrrole nitrogens is 1. The van der Waals surface area contributed by atoms with Gasteiger partial charge in [0.25, 0.3) is 0 Å². The number of hydrogen-bond acceptors (Lipinski definition) is 6. The molecule has 0 atom stereocenters. The summed E-state index contributed by atoms with van der Waals surface area (Å²) in [6.45, 7) is 4.84. The van der Waals surface area contributed by atoms with Gasteiger partial charge < -0.3 is 14.2 Å². The Morgan fingerprint density at radius 1 is 1.17 bits per heavy atom. The highest BCUT2D eigenvalue weighted by Crippen LogP contribution is 2.36. The highest BCUT2D eigenvalue weighted by Gasteiger charge is 2.14. The molecule has 3 rings (SSSR count). The van der Waals surface area contributed by atoms with Crippen molar-refractivity contribution in [2.75, 3.05) is 20.3 Å². The maximum atomic E-state index is 6.32. The van der Waals surface area contributed by atoms with E-state index in [9.17, 15) is 0 Å². The molecule has 0 saturated heterocycles. The lowest BCUT2D eigenvalue weighted by Crippen LogP contribution is -2.00. The van der Waals surface area contributed by atoms with Crippen molar-refractivity contribution in [2.24, 2.45) is 5.10 Å². The molecule has 29 heavy (non-hydrogen) atoms. The van der Waals surface area contributed by atoms with Gasteiger partial charge in [0.2, 0.25) is 4.77 Å². The van der Waals surface area contributed by atoms with Crippen LogP contribution in [0, 0.1) is 4.77 Å². The number of para-hydroxylation sites is 1. The molecule has 7 nitrogen and oxygen atoms in total. The number of hydrogen-bond donors (Lipinski definition) is 1. The van der Waals surface area contributed by atoms with Crippen LogP contribution in [0.2, 0.25) is 5.02 Å². The SMILES string of the molecule is CCOc1ccccc1-c1n[nH]c(=S)n1/N=C\c1cc(Cl)c(OC)c(OCC)c1. The zero-order chi connectivity index (χ0) is 20.8. The number of nitrogens with one attached hydrogen (secondary N) is 1. The average molecular weight is 433 g/mol. The fourth-order valence-electron chi connectivity index (χ4n) is 2.75. The Hall–Kier alpha value is -2.84. The van der Waals surface area contributed by atoms with E-state index in [2.05, 4.69) is 15.3 Å².